The number of hydrogen-bond donors (Lipinski definition) is 1. The van der Waals surface area contributed by atoms with Crippen molar-refractivity contribution < 1.29 is 4.74 Å². The maximum atomic E-state index is 5.60. The topological polar surface area (TPSA) is 39.1 Å². The first-order valence-corrected chi connectivity index (χ1v) is 7.50. The zero-order chi connectivity index (χ0) is 13.7. The van der Waals surface area contributed by atoms with E-state index in [-0.39, 0.29) is 0 Å². The highest BCUT2D eigenvalue weighted by Gasteiger charge is 2.22. The molecule has 0 amide bonds. The van der Waals surface area contributed by atoms with Crippen molar-refractivity contribution in [2.45, 2.75) is 45.6 Å². The maximum Gasteiger partial charge on any atom is 0.0540 e. The van der Waals surface area contributed by atoms with Crippen molar-refractivity contribution in [2.75, 3.05) is 19.8 Å². The summed E-state index contributed by atoms with van der Waals surface area (Å²) in [6, 6.07) is 0.488. The number of rotatable bonds is 7. The van der Waals surface area contributed by atoms with E-state index in [1.807, 2.05) is 17.9 Å². The van der Waals surface area contributed by atoms with Crippen LogP contribution in [0.2, 0.25) is 0 Å². The van der Waals surface area contributed by atoms with Crippen molar-refractivity contribution in [3.8, 4) is 0 Å². The van der Waals surface area contributed by atoms with E-state index in [9.17, 15) is 0 Å². The third kappa shape index (κ3) is 4.05. The molecule has 0 saturated carbocycles. The van der Waals surface area contributed by atoms with Crippen LogP contribution in [0.5, 0.6) is 0 Å². The molecule has 1 aliphatic rings. The van der Waals surface area contributed by atoms with Crippen LogP contribution >= 0.6 is 0 Å². The van der Waals surface area contributed by atoms with E-state index in [1.165, 1.54) is 30.5 Å². The molecule has 1 unspecified atom stereocenters. The molecule has 108 valence electrons. The molecule has 1 atom stereocenters. The molecule has 0 radical (unpaired) electrons. The molecule has 4 heteroatoms. The molecule has 1 N–H and O–H groups in total. The fourth-order valence-electron chi connectivity index (χ4n) is 2.69. The fourth-order valence-corrected chi connectivity index (χ4v) is 2.69. The zero-order valence-corrected chi connectivity index (χ0v) is 12.5. The molecule has 0 aliphatic heterocycles. The zero-order valence-electron chi connectivity index (χ0n) is 12.5. The Kier molecular flexibility index (Phi) is 5.40. The van der Waals surface area contributed by atoms with Crippen LogP contribution in [0.15, 0.2) is 6.20 Å². The molecule has 0 bridgehead atoms. The Balaban J connectivity index is 1.70. The van der Waals surface area contributed by atoms with Gasteiger partial charge in [0.25, 0.3) is 0 Å². The van der Waals surface area contributed by atoms with Gasteiger partial charge >= 0.3 is 0 Å². The van der Waals surface area contributed by atoms with Crippen molar-refractivity contribution in [2.24, 2.45) is 13.0 Å². The minimum atomic E-state index is 0.488. The van der Waals surface area contributed by atoms with Gasteiger partial charge < -0.3 is 10.1 Å². The molecule has 1 aromatic heterocycles. The van der Waals surface area contributed by atoms with E-state index in [2.05, 4.69) is 24.3 Å². The summed E-state index contributed by atoms with van der Waals surface area (Å²) in [5, 5.41) is 8.02. The third-order valence-corrected chi connectivity index (χ3v) is 3.68. The van der Waals surface area contributed by atoms with Crippen molar-refractivity contribution in [3.63, 3.8) is 0 Å². The molecule has 19 heavy (non-hydrogen) atoms. The van der Waals surface area contributed by atoms with Crippen LogP contribution < -0.4 is 5.32 Å². The summed E-state index contributed by atoms with van der Waals surface area (Å²) in [6.07, 6.45) is 6.77. The maximum absolute atomic E-state index is 5.60. The lowest BCUT2D eigenvalue weighted by atomic mass is 9.93. The van der Waals surface area contributed by atoms with Crippen molar-refractivity contribution in [1.29, 1.82) is 0 Å². The molecule has 2 rings (SSSR count). The van der Waals surface area contributed by atoms with Crippen molar-refractivity contribution in [3.05, 3.63) is 17.5 Å². The lowest BCUT2D eigenvalue weighted by Crippen LogP contribution is -2.26. The number of fused-ring (bicyclic) bond motifs is 1. The summed E-state index contributed by atoms with van der Waals surface area (Å²) in [4.78, 5) is 0. The first-order valence-electron chi connectivity index (χ1n) is 7.50. The molecule has 0 saturated heterocycles. The molecule has 0 aromatic carbocycles. The van der Waals surface area contributed by atoms with Gasteiger partial charge in [-0.05, 0) is 38.1 Å². The molecule has 4 nitrogen and oxygen atoms in total. The molecular weight excluding hydrogens is 238 g/mol. The Morgan fingerprint density at radius 1 is 1.53 bits per heavy atom. The number of aromatic nitrogens is 2. The summed E-state index contributed by atoms with van der Waals surface area (Å²) < 4.78 is 7.62. The highest BCUT2D eigenvalue weighted by Crippen LogP contribution is 2.28. The Bertz CT molecular complexity index is 387. The van der Waals surface area contributed by atoms with Gasteiger partial charge in [0, 0.05) is 37.6 Å². The largest absolute Gasteiger partial charge is 0.381 e. The van der Waals surface area contributed by atoms with E-state index in [4.69, 9.17) is 4.74 Å². The lowest BCUT2D eigenvalue weighted by molar-refractivity contribution is 0.107. The average Bonchev–Trinajstić information content (AvgIpc) is 2.76. The SMILES string of the molecule is CC(C)COCCCNC1CCCc2c1cnn2C. The quantitative estimate of drug-likeness (QED) is 0.770. The van der Waals surface area contributed by atoms with Gasteiger partial charge in [0.2, 0.25) is 0 Å². The Morgan fingerprint density at radius 3 is 3.16 bits per heavy atom. The minimum absolute atomic E-state index is 0.488. The number of hydrogen-bond acceptors (Lipinski definition) is 3. The van der Waals surface area contributed by atoms with Crippen LogP contribution in [0.25, 0.3) is 0 Å². The Morgan fingerprint density at radius 2 is 2.37 bits per heavy atom. The number of nitrogens with zero attached hydrogens (tertiary/aromatic N) is 2. The second kappa shape index (κ2) is 7.06. The monoisotopic (exact) mass is 265 g/mol. The highest BCUT2D eigenvalue weighted by atomic mass is 16.5. The average molecular weight is 265 g/mol. The molecule has 0 fully saturated rings. The second-order valence-electron chi connectivity index (χ2n) is 5.89. The third-order valence-electron chi connectivity index (χ3n) is 3.68. The number of ether oxygens (including phenoxy) is 1. The summed E-state index contributed by atoms with van der Waals surface area (Å²) in [6.45, 7) is 7.12. The first-order chi connectivity index (χ1) is 9.18. The predicted molar refractivity (Wildman–Crippen MR) is 77.2 cm³/mol. The van der Waals surface area contributed by atoms with Crippen LogP contribution in [0.1, 0.15) is 50.4 Å². The van der Waals surface area contributed by atoms with Crippen molar-refractivity contribution >= 4 is 0 Å². The van der Waals surface area contributed by atoms with Crippen molar-refractivity contribution in [1.82, 2.24) is 15.1 Å². The molecular formula is C15H27N3O. The molecule has 1 aromatic rings. The summed E-state index contributed by atoms with van der Waals surface area (Å²) in [5.74, 6) is 0.629. The van der Waals surface area contributed by atoms with Gasteiger partial charge in [0.05, 0.1) is 6.20 Å². The first kappa shape index (κ1) is 14.5. The van der Waals surface area contributed by atoms with Gasteiger partial charge in [-0.1, -0.05) is 13.8 Å². The molecule has 1 heterocycles. The standard InChI is InChI=1S/C15H27N3O/c1-12(2)11-19-9-5-8-16-14-6-4-7-15-13(14)10-17-18(15)3/h10,12,14,16H,4-9,11H2,1-3H3. The van der Waals surface area contributed by atoms with Gasteiger partial charge in [0.15, 0.2) is 0 Å². The number of aryl methyl sites for hydroxylation is 1. The van der Waals surface area contributed by atoms with Gasteiger partial charge in [-0.3, -0.25) is 4.68 Å². The number of nitrogens with one attached hydrogen (secondary N) is 1. The van der Waals surface area contributed by atoms with Crippen LogP contribution in [-0.4, -0.2) is 29.5 Å². The fraction of sp³-hybridized carbons (Fsp3) is 0.800. The van der Waals surface area contributed by atoms with E-state index in [0.717, 1.165) is 26.2 Å². The van der Waals surface area contributed by atoms with Gasteiger partial charge in [-0.25, -0.2) is 0 Å². The second-order valence-corrected chi connectivity index (χ2v) is 5.89. The van der Waals surface area contributed by atoms with Gasteiger partial charge in [-0.2, -0.15) is 5.10 Å². The van der Waals surface area contributed by atoms with Crippen LogP contribution in [-0.2, 0) is 18.2 Å². The lowest BCUT2D eigenvalue weighted by Gasteiger charge is -2.24. The Hall–Kier alpha value is -0.870. The minimum Gasteiger partial charge on any atom is -0.381 e. The summed E-state index contributed by atoms with van der Waals surface area (Å²) in [7, 11) is 2.04. The van der Waals surface area contributed by atoms with Gasteiger partial charge in [0.1, 0.15) is 0 Å². The highest BCUT2D eigenvalue weighted by molar-refractivity contribution is 5.24. The van der Waals surface area contributed by atoms with Gasteiger partial charge in [-0.15, -0.1) is 0 Å². The van der Waals surface area contributed by atoms with E-state index in [1.54, 1.807) is 0 Å². The normalized spacial score (nSPS) is 18.8. The van der Waals surface area contributed by atoms with E-state index >= 15 is 0 Å². The van der Waals surface area contributed by atoms with Crippen LogP contribution in [0.3, 0.4) is 0 Å². The predicted octanol–water partition coefficient (Wildman–Crippen LogP) is 2.45. The smallest absolute Gasteiger partial charge is 0.0540 e. The summed E-state index contributed by atoms with van der Waals surface area (Å²) in [5.41, 5.74) is 2.80. The summed E-state index contributed by atoms with van der Waals surface area (Å²) >= 11 is 0. The van der Waals surface area contributed by atoms with E-state index < -0.39 is 0 Å². The van der Waals surface area contributed by atoms with E-state index in [0.29, 0.717) is 12.0 Å². The molecule has 1 aliphatic carbocycles. The van der Waals surface area contributed by atoms with Crippen LogP contribution in [0.4, 0.5) is 0 Å². The molecule has 0 spiro atoms. The van der Waals surface area contributed by atoms with Crippen LogP contribution in [0, 0.1) is 5.92 Å². The Labute approximate surface area is 116 Å².